The lowest BCUT2D eigenvalue weighted by atomic mass is 9.99. The number of aryl methyl sites for hydroxylation is 1. The van der Waals surface area contributed by atoms with E-state index in [-0.39, 0.29) is 0 Å². The molecule has 0 saturated heterocycles. The van der Waals surface area contributed by atoms with Crippen LogP contribution in [0.2, 0.25) is 0 Å². The van der Waals surface area contributed by atoms with Crippen LogP contribution < -0.4 is 19.8 Å². The Morgan fingerprint density at radius 3 is 2.50 bits per heavy atom. The van der Waals surface area contributed by atoms with Gasteiger partial charge in [-0.15, -0.1) is 11.3 Å². The summed E-state index contributed by atoms with van der Waals surface area (Å²) in [5, 5.41) is 2.49. The molecule has 0 aliphatic heterocycles. The van der Waals surface area contributed by atoms with Crippen molar-refractivity contribution < 1.29 is 23.4 Å². The number of rotatable bonds is 5. The molecule has 0 aliphatic rings. The van der Waals surface area contributed by atoms with Gasteiger partial charge in [-0.25, -0.2) is 9.59 Å². The summed E-state index contributed by atoms with van der Waals surface area (Å²) in [6.07, 6.45) is 0. The summed E-state index contributed by atoms with van der Waals surface area (Å²) < 4.78 is 21.6. The van der Waals surface area contributed by atoms with E-state index in [1.807, 2.05) is 12.3 Å². The molecule has 2 aromatic heterocycles. The van der Waals surface area contributed by atoms with Gasteiger partial charge in [-0.2, -0.15) is 0 Å². The molecule has 0 spiro atoms. The quantitative estimate of drug-likeness (QED) is 0.254. The predicted molar refractivity (Wildman–Crippen MR) is 115 cm³/mol. The Labute approximate surface area is 176 Å². The first-order valence-corrected chi connectivity index (χ1v) is 9.95. The van der Waals surface area contributed by atoms with E-state index in [1.54, 1.807) is 55.6 Å². The van der Waals surface area contributed by atoms with E-state index in [9.17, 15) is 9.59 Å². The average Bonchev–Trinajstić information content (AvgIpc) is 3.29. The molecule has 4 rings (SSSR count). The van der Waals surface area contributed by atoms with E-state index in [2.05, 4.69) is 0 Å². The van der Waals surface area contributed by atoms with Crippen LogP contribution in [0.25, 0.3) is 22.1 Å². The fourth-order valence-corrected chi connectivity index (χ4v) is 3.87. The van der Waals surface area contributed by atoms with Crippen molar-refractivity contribution >= 4 is 28.3 Å². The zero-order valence-corrected chi connectivity index (χ0v) is 17.4. The molecule has 0 atom stereocenters. The van der Waals surface area contributed by atoms with Gasteiger partial charge in [-0.1, -0.05) is 12.1 Å². The molecule has 7 heteroatoms. The monoisotopic (exact) mass is 422 g/mol. The zero-order chi connectivity index (χ0) is 21.3. The molecule has 152 valence electrons. The summed E-state index contributed by atoms with van der Waals surface area (Å²) in [6.45, 7) is 1.83. The van der Waals surface area contributed by atoms with Crippen molar-refractivity contribution in [3.8, 4) is 28.4 Å². The maximum absolute atomic E-state index is 12.7. The first kappa shape index (κ1) is 19.7. The van der Waals surface area contributed by atoms with Crippen molar-refractivity contribution in [2.75, 3.05) is 14.2 Å². The van der Waals surface area contributed by atoms with Crippen LogP contribution in [-0.4, -0.2) is 20.2 Å². The number of thiophene rings is 1. The molecular weight excluding hydrogens is 404 g/mol. The van der Waals surface area contributed by atoms with Crippen molar-refractivity contribution in [2.45, 2.75) is 6.92 Å². The number of ether oxygens (including phenoxy) is 3. The molecule has 0 unspecified atom stereocenters. The van der Waals surface area contributed by atoms with E-state index in [1.165, 1.54) is 18.4 Å². The summed E-state index contributed by atoms with van der Waals surface area (Å²) >= 11 is 1.31. The van der Waals surface area contributed by atoms with Gasteiger partial charge in [-0.3, -0.25) is 0 Å². The standard InChI is InChI=1S/C23H18O6S/c1-13-16-12-15(28-22(24)20-5-4-10-30-20)7-9-17(16)29-23(25)21(13)14-6-8-18(26-2)19(11-14)27-3/h4-12H,1-3H3. The van der Waals surface area contributed by atoms with Crippen LogP contribution in [0.3, 0.4) is 0 Å². The summed E-state index contributed by atoms with van der Waals surface area (Å²) in [6, 6.07) is 13.6. The Kier molecular flexibility index (Phi) is 5.29. The second-order valence-corrected chi connectivity index (χ2v) is 7.43. The average molecular weight is 422 g/mol. The molecule has 0 N–H and O–H groups in total. The third-order valence-electron chi connectivity index (χ3n) is 4.74. The Morgan fingerprint density at radius 2 is 1.80 bits per heavy atom. The number of carbonyl (C=O) groups is 1. The van der Waals surface area contributed by atoms with Gasteiger partial charge in [0.15, 0.2) is 11.5 Å². The largest absolute Gasteiger partial charge is 0.493 e. The highest BCUT2D eigenvalue weighted by Gasteiger charge is 2.17. The van der Waals surface area contributed by atoms with Crippen LogP contribution >= 0.6 is 11.3 Å². The lowest BCUT2D eigenvalue weighted by molar-refractivity contribution is 0.0740. The molecule has 0 radical (unpaired) electrons. The molecule has 2 heterocycles. The summed E-state index contributed by atoms with van der Waals surface area (Å²) in [7, 11) is 3.08. The molecule has 0 amide bonds. The minimum atomic E-state index is -0.462. The number of methoxy groups -OCH3 is 2. The molecule has 6 nitrogen and oxygen atoms in total. The molecule has 0 bridgehead atoms. The van der Waals surface area contributed by atoms with E-state index < -0.39 is 11.6 Å². The van der Waals surface area contributed by atoms with Gasteiger partial charge in [-0.05, 0) is 59.8 Å². The zero-order valence-electron chi connectivity index (χ0n) is 16.6. The lowest BCUT2D eigenvalue weighted by Crippen LogP contribution is -2.08. The molecule has 0 fully saturated rings. The molecular formula is C23H18O6S. The van der Waals surface area contributed by atoms with Crippen molar-refractivity contribution in [1.29, 1.82) is 0 Å². The van der Waals surface area contributed by atoms with Crippen molar-refractivity contribution in [1.82, 2.24) is 0 Å². The topological polar surface area (TPSA) is 75.0 Å². The van der Waals surface area contributed by atoms with Gasteiger partial charge in [0, 0.05) is 5.39 Å². The first-order valence-electron chi connectivity index (χ1n) is 9.07. The Morgan fingerprint density at radius 1 is 1.00 bits per heavy atom. The van der Waals surface area contributed by atoms with E-state index in [0.717, 1.165) is 0 Å². The van der Waals surface area contributed by atoms with Gasteiger partial charge < -0.3 is 18.6 Å². The predicted octanol–water partition coefficient (Wildman–Crippen LogP) is 5.07. The summed E-state index contributed by atoms with van der Waals surface area (Å²) in [5.41, 5.74) is 1.71. The normalized spacial score (nSPS) is 10.8. The first-order chi connectivity index (χ1) is 14.5. The third kappa shape index (κ3) is 3.55. The highest BCUT2D eigenvalue weighted by Crippen LogP contribution is 2.34. The fourth-order valence-electron chi connectivity index (χ4n) is 3.27. The summed E-state index contributed by atoms with van der Waals surface area (Å²) in [4.78, 5) is 25.5. The van der Waals surface area contributed by atoms with Crippen LogP contribution in [0.15, 0.2) is 63.1 Å². The van der Waals surface area contributed by atoms with Crippen LogP contribution in [0.5, 0.6) is 17.2 Å². The van der Waals surface area contributed by atoms with Gasteiger partial charge in [0.1, 0.15) is 16.2 Å². The number of fused-ring (bicyclic) bond motifs is 1. The van der Waals surface area contributed by atoms with Gasteiger partial charge in [0.2, 0.25) is 0 Å². The van der Waals surface area contributed by atoms with Crippen molar-refractivity contribution in [2.24, 2.45) is 0 Å². The maximum atomic E-state index is 12.7. The maximum Gasteiger partial charge on any atom is 0.353 e. The summed E-state index contributed by atoms with van der Waals surface area (Å²) in [5.74, 6) is 1.01. The SMILES string of the molecule is COc1ccc(-c2c(C)c3cc(OC(=O)c4cccs4)ccc3oc2=O)cc1OC. The molecule has 2 aromatic carbocycles. The van der Waals surface area contributed by atoms with E-state index in [4.69, 9.17) is 18.6 Å². The number of esters is 1. The van der Waals surface area contributed by atoms with Gasteiger partial charge in [0.05, 0.1) is 19.8 Å². The molecule has 0 saturated carbocycles. The van der Waals surface area contributed by atoms with E-state index >= 15 is 0 Å². The Balaban J connectivity index is 1.80. The highest BCUT2D eigenvalue weighted by atomic mass is 32.1. The van der Waals surface area contributed by atoms with Crippen molar-refractivity contribution in [3.05, 3.63) is 74.8 Å². The number of benzene rings is 2. The van der Waals surface area contributed by atoms with Gasteiger partial charge in [0.25, 0.3) is 0 Å². The minimum Gasteiger partial charge on any atom is -0.493 e. The van der Waals surface area contributed by atoms with Crippen LogP contribution in [0.1, 0.15) is 15.2 Å². The minimum absolute atomic E-state index is 0.371. The second-order valence-electron chi connectivity index (χ2n) is 6.48. The van der Waals surface area contributed by atoms with Crippen LogP contribution in [0, 0.1) is 6.92 Å². The van der Waals surface area contributed by atoms with Crippen molar-refractivity contribution in [3.63, 3.8) is 0 Å². The third-order valence-corrected chi connectivity index (χ3v) is 5.59. The number of hydrogen-bond acceptors (Lipinski definition) is 7. The Hall–Kier alpha value is -3.58. The second kappa shape index (κ2) is 8.04. The van der Waals surface area contributed by atoms with Gasteiger partial charge >= 0.3 is 11.6 Å². The number of hydrogen-bond donors (Lipinski definition) is 0. The molecule has 4 aromatic rings. The highest BCUT2D eigenvalue weighted by molar-refractivity contribution is 7.12. The van der Waals surface area contributed by atoms with Crippen LogP contribution in [0.4, 0.5) is 0 Å². The Bertz CT molecular complexity index is 1290. The fraction of sp³-hybridized carbons (Fsp3) is 0.130. The lowest BCUT2D eigenvalue weighted by Gasteiger charge is -2.12. The molecule has 0 aliphatic carbocycles. The smallest absolute Gasteiger partial charge is 0.353 e. The van der Waals surface area contributed by atoms with Crippen LogP contribution in [-0.2, 0) is 0 Å². The number of carbonyl (C=O) groups excluding carboxylic acids is 1. The molecule has 30 heavy (non-hydrogen) atoms. The van der Waals surface area contributed by atoms with E-state index in [0.29, 0.717) is 49.8 Å².